The van der Waals surface area contributed by atoms with Crippen molar-refractivity contribution in [2.75, 3.05) is 6.61 Å². The number of nitrogens with zero attached hydrogens (tertiary/aromatic N) is 3. The molecule has 0 saturated heterocycles. The molecule has 4 aromatic rings. The Hall–Kier alpha value is -3.18. The zero-order valence-corrected chi connectivity index (χ0v) is 17.3. The van der Waals surface area contributed by atoms with Crippen molar-refractivity contribution in [3.63, 3.8) is 0 Å². The molecular weight excluding hydrogens is 398 g/mol. The topological polar surface area (TPSA) is 56.5 Å². The molecule has 30 heavy (non-hydrogen) atoms. The van der Waals surface area contributed by atoms with Gasteiger partial charge in [-0.05, 0) is 54.7 Å². The van der Waals surface area contributed by atoms with Crippen LogP contribution in [0, 0.1) is 0 Å². The number of fused-ring (bicyclic) bond motifs is 2. The van der Waals surface area contributed by atoms with Gasteiger partial charge in [0.2, 0.25) is 0 Å². The van der Waals surface area contributed by atoms with E-state index < -0.39 is 5.41 Å². The predicted molar refractivity (Wildman–Crippen MR) is 116 cm³/mol. The van der Waals surface area contributed by atoms with E-state index >= 15 is 0 Å². The molecule has 5 nitrogen and oxygen atoms in total. The molecule has 1 aliphatic carbocycles. The first-order valence-corrected chi connectivity index (χ1v) is 10.3. The fourth-order valence-corrected chi connectivity index (χ4v) is 4.53. The SMILES string of the molecule is CCOC(=O)C1(c2ccnc3c(-c4ccc(Cl)cc4)cnn23)Cc2ccccc2C1. The van der Waals surface area contributed by atoms with E-state index in [4.69, 9.17) is 16.3 Å². The van der Waals surface area contributed by atoms with Crippen molar-refractivity contribution in [1.82, 2.24) is 14.6 Å². The summed E-state index contributed by atoms with van der Waals surface area (Å²) in [6, 6.07) is 17.6. The highest BCUT2D eigenvalue weighted by atomic mass is 35.5. The van der Waals surface area contributed by atoms with Crippen molar-refractivity contribution in [1.29, 1.82) is 0 Å². The summed E-state index contributed by atoms with van der Waals surface area (Å²) in [7, 11) is 0. The van der Waals surface area contributed by atoms with E-state index in [9.17, 15) is 4.79 Å². The van der Waals surface area contributed by atoms with Gasteiger partial charge in [-0.15, -0.1) is 0 Å². The summed E-state index contributed by atoms with van der Waals surface area (Å²) in [5.74, 6) is -0.225. The van der Waals surface area contributed by atoms with Gasteiger partial charge in [0.15, 0.2) is 5.65 Å². The molecule has 0 radical (unpaired) electrons. The molecule has 0 saturated carbocycles. The fraction of sp³-hybridized carbons (Fsp3) is 0.208. The molecule has 2 heterocycles. The molecule has 0 fully saturated rings. The van der Waals surface area contributed by atoms with Crippen LogP contribution in [0.4, 0.5) is 0 Å². The molecule has 1 aliphatic rings. The number of ether oxygens (including phenoxy) is 1. The average Bonchev–Trinajstić information content (AvgIpc) is 3.37. The van der Waals surface area contributed by atoms with Crippen LogP contribution in [-0.4, -0.2) is 27.2 Å². The number of esters is 1. The Morgan fingerprint density at radius 2 is 1.80 bits per heavy atom. The van der Waals surface area contributed by atoms with Gasteiger partial charge in [-0.3, -0.25) is 4.79 Å². The minimum atomic E-state index is -0.829. The first-order chi connectivity index (χ1) is 14.6. The van der Waals surface area contributed by atoms with Crippen molar-refractivity contribution in [2.45, 2.75) is 25.2 Å². The van der Waals surface area contributed by atoms with Gasteiger partial charge in [0, 0.05) is 16.8 Å². The van der Waals surface area contributed by atoms with Crippen molar-refractivity contribution < 1.29 is 9.53 Å². The number of carbonyl (C=O) groups is 1. The summed E-state index contributed by atoms with van der Waals surface area (Å²) in [5, 5.41) is 5.30. The Morgan fingerprint density at radius 3 is 2.47 bits per heavy atom. The third kappa shape index (κ3) is 2.89. The van der Waals surface area contributed by atoms with E-state index in [1.54, 1.807) is 16.9 Å². The van der Waals surface area contributed by atoms with Crippen LogP contribution in [0.2, 0.25) is 5.02 Å². The number of halogens is 1. The largest absolute Gasteiger partial charge is 0.465 e. The molecule has 2 aromatic heterocycles. The molecule has 2 aromatic carbocycles. The van der Waals surface area contributed by atoms with Crippen LogP contribution in [0.25, 0.3) is 16.8 Å². The summed E-state index contributed by atoms with van der Waals surface area (Å²) in [6.45, 7) is 2.17. The second kappa shape index (κ2) is 7.26. The fourth-order valence-electron chi connectivity index (χ4n) is 4.40. The van der Waals surface area contributed by atoms with Crippen molar-refractivity contribution in [3.8, 4) is 11.1 Å². The Kier molecular flexibility index (Phi) is 4.55. The highest BCUT2D eigenvalue weighted by molar-refractivity contribution is 6.30. The minimum Gasteiger partial charge on any atom is -0.465 e. The summed E-state index contributed by atoms with van der Waals surface area (Å²) in [6.07, 6.45) is 4.69. The van der Waals surface area contributed by atoms with Gasteiger partial charge >= 0.3 is 5.97 Å². The van der Waals surface area contributed by atoms with Crippen LogP contribution in [-0.2, 0) is 27.8 Å². The predicted octanol–water partition coefficient (Wildman–Crippen LogP) is 4.65. The number of hydrogen-bond acceptors (Lipinski definition) is 4. The lowest BCUT2D eigenvalue weighted by Crippen LogP contribution is -2.40. The van der Waals surface area contributed by atoms with Gasteiger partial charge in [-0.1, -0.05) is 48.0 Å². The maximum absolute atomic E-state index is 13.3. The third-order valence-electron chi connectivity index (χ3n) is 5.82. The average molecular weight is 418 g/mol. The van der Waals surface area contributed by atoms with E-state index in [1.807, 2.05) is 49.4 Å². The maximum Gasteiger partial charge on any atom is 0.318 e. The van der Waals surface area contributed by atoms with Gasteiger partial charge in [0.1, 0.15) is 5.41 Å². The van der Waals surface area contributed by atoms with Gasteiger partial charge in [0.25, 0.3) is 0 Å². The number of rotatable bonds is 4. The van der Waals surface area contributed by atoms with Crippen molar-refractivity contribution in [3.05, 3.63) is 88.8 Å². The Balaban J connectivity index is 1.68. The smallest absolute Gasteiger partial charge is 0.318 e. The molecule has 0 amide bonds. The van der Waals surface area contributed by atoms with E-state index in [0.29, 0.717) is 30.1 Å². The maximum atomic E-state index is 13.3. The normalized spacial score (nSPS) is 14.6. The Morgan fingerprint density at radius 1 is 1.10 bits per heavy atom. The van der Waals surface area contributed by atoms with Crippen molar-refractivity contribution >= 4 is 23.2 Å². The second-order valence-electron chi connectivity index (χ2n) is 7.56. The molecule has 5 rings (SSSR count). The van der Waals surface area contributed by atoms with Crippen LogP contribution in [0.3, 0.4) is 0 Å². The summed E-state index contributed by atoms with van der Waals surface area (Å²) in [5.41, 5.74) is 4.87. The molecule has 0 unspecified atom stereocenters. The van der Waals surface area contributed by atoms with E-state index in [-0.39, 0.29) is 5.97 Å². The quantitative estimate of drug-likeness (QED) is 0.453. The molecular formula is C24H20ClN3O2. The van der Waals surface area contributed by atoms with E-state index in [2.05, 4.69) is 22.2 Å². The van der Waals surface area contributed by atoms with Crippen LogP contribution in [0.15, 0.2) is 67.0 Å². The highest BCUT2D eigenvalue weighted by Crippen LogP contribution is 2.41. The van der Waals surface area contributed by atoms with E-state index in [0.717, 1.165) is 16.8 Å². The first kappa shape index (κ1) is 18.8. The van der Waals surface area contributed by atoms with E-state index in [1.165, 1.54) is 11.1 Å². The molecule has 0 spiro atoms. The van der Waals surface area contributed by atoms with Gasteiger partial charge < -0.3 is 4.74 Å². The molecule has 0 N–H and O–H groups in total. The second-order valence-corrected chi connectivity index (χ2v) is 7.99. The lowest BCUT2D eigenvalue weighted by molar-refractivity contribution is -0.150. The summed E-state index contributed by atoms with van der Waals surface area (Å²) >= 11 is 6.04. The number of carbonyl (C=O) groups excluding carboxylic acids is 1. The monoisotopic (exact) mass is 417 g/mol. The van der Waals surface area contributed by atoms with Crippen molar-refractivity contribution in [2.24, 2.45) is 0 Å². The molecule has 0 aliphatic heterocycles. The first-order valence-electron chi connectivity index (χ1n) is 9.95. The molecule has 6 heteroatoms. The Labute approximate surface area is 179 Å². The van der Waals surface area contributed by atoms with Crippen LogP contribution in [0.5, 0.6) is 0 Å². The zero-order valence-electron chi connectivity index (χ0n) is 16.5. The standard InChI is InChI=1S/C24H20ClN3O2/c1-2-30-23(29)24(13-17-5-3-4-6-18(17)14-24)21-11-12-26-22-20(15-27-28(21)22)16-7-9-19(25)10-8-16/h3-12,15H,2,13-14H2,1H3. The highest BCUT2D eigenvalue weighted by Gasteiger charge is 2.48. The lowest BCUT2D eigenvalue weighted by Gasteiger charge is -2.27. The van der Waals surface area contributed by atoms with Crippen LogP contribution < -0.4 is 0 Å². The molecule has 150 valence electrons. The molecule has 0 atom stereocenters. The third-order valence-corrected chi connectivity index (χ3v) is 6.07. The summed E-state index contributed by atoms with van der Waals surface area (Å²) < 4.78 is 7.34. The Bertz CT molecular complexity index is 1220. The zero-order chi connectivity index (χ0) is 20.7. The van der Waals surface area contributed by atoms with Gasteiger partial charge in [0.05, 0.1) is 18.5 Å². The number of hydrogen-bond donors (Lipinski definition) is 0. The van der Waals surface area contributed by atoms with Gasteiger partial charge in [-0.2, -0.15) is 5.10 Å². The molecule has 0 bridgehead atoms. The number of aromatic nitrogens is 3. The summed E-state index contributed by atoms with van der Waals surface area (Å²) in [4.78, 5) is 17.9. The van der Waals surface area contributed by atoms with Crippen LogP contribution >= 0.6 is 11.6 Å². The minimum absolute atomic E-state index is 0.225. The van der Waals surface area contributed by atoms with Crippen LogP contribution in [0.1, 0.15) is 23.7 Å². The number of benzene rings is 2. The lowest BCUT2D eigenvalue weighted by atomic mass is 9.81. The van der Waals surface area contributed by atoms with Gasteiger partial charge in [-0.25, -0.2) is 9.50 Å².